The number of ketones is 3. The Morgan fingerprint density at radius 1 is 0.531 bits per heavy atom. The number of hydrogen-bond acceptors (Lipinski definition) is 11. The molecule has 11 heteroatoms. The van der Waals surface area contributed by atoms with E-state index in [1.807, 2.05) is 0 Å². The van der Waals surface area contributed by atoms with Crippen LogP contribution in [0.4, 0.5) is 0 Å². The fourth-order valence-electron chi connectivity index (χ4n) is 5.85. The number of rotatable bonds is 34. The number of carbonyl (C=O) groups is 5. The number of esters is 2. The molecular formula is C38H70N2O7S2. The van der Waals surface area contributed by atoms with Crippen molar-refractivity contribution in [2.24, 2.45) is 11.5 Å². The molecule has 49 heavy (non-hydrogen) atoms. The zero-order valence-electron chi connectivity index (χ0n) is 31.6. The third-order valence-electron chi connectivity index (χ3n) is 9.23. The summed E-state index contributed by atoms with van der Waals surface area (Å²) in [5.74, 6) is -3.34. The van der Waals surface area contributed by atoms with Gasteiger partial charge >= 0.3 is 11.9 Å². The summed E-state index contributed by atoms with van der Waals surface area (Å²) < 4.78 is 9.97. The van der Waals surface area contributed by atoms with Crippen molar-refractivity contribution in [3.05, 3.63) is 0 Å². The normalized spacial score (nSPS) is 14.4. The molecular weight excluding hydrogens is 661 g/mol. The number of ether oxygens (including phenoxy) is 2. The molecule has 0 spiro atoms. The maximum Gasteiger partial charge on any atom is 0.335 e. The van der Waals surface area contributed by atoms with Crippen LogP contribution in [0.25, 0.3) is 0 Å². The Hall–Kier alpha value is -1.43. The standard InChI is InChI=1S/C38H70N2O7S2/c1-6-9-12-15-18-21-24-27-31(41)34(38(40,36(45)47-5)33(43)29-26-23-20-17-14-11-8-3)49-48-30-37(39,35(44)46-4)32(42)28-25-22-19-16-13-10-7-2/h34H,6-30,39-40H2,1-5H3/t34?,37-,38+/m1/s1. The maximum absolute atomic E-state index is 13.8. The van der Waals surface area contributed by atoms with Gasteiger partial charge in [0.1, 0.15) is 11.0 Å². The third kappa shape index (κ3) is 18.6. The van der Waals surface area contributed by atoms with Gasteiger partial charge in [-0.2, -0.15) is 0 Å². The van der Waals surface area contributed by atoms with Gasteiger partial charge in [0.15, 0.2) is 22.6 Å². The van der Waals surface area contributed by atoms with Crippen LogP contribution in [0.1, 0.15) is 175 Å². The van der Waals surface area contributed by atoms with Crippen LogP contribution in [-0.2, 0) is 33.4 Å². The van der Waals surface area contributed by atoms with Crippen molar-refractivity contribution in [3.8, 4) is 0 Å². The molecule has 9 nitrogen and oxygen atoms in total. The molecule has 0 aliphatic carbocycles. The number of unbranched alkanes of at least 4 members (excludes halogenated alkanes) is 18. The summed E-state index contributed by atoms with van der Waals surface area (Å²) in [5.41, 5.74) is 8.94. The first-order valence-electron chi connectivity index (χ1n) is 19.1. The Labute approximate surface area is 306 Å². The Morgan fingerprint density at radius 3 is 1.31 bits per heavy atom. The van der Waals surface area contributed by atoms with E-state index in [0.29, 0.717) is 19.3 Å². The Bertz CT molecular complexity index is 951. The number of hydrogen-bond donors (Lipinski definition) is 2. The van der Waals surface area contributed by atoms with E-state index < -0.39 is 39.8 Å². The van der Waals surface area contributed by atoms with Gasteiger partial charge < -0.3 is 20.9 Å². The highest BCUT2D eigenvalue weighted by Gasteiger charge is 2.53. The number of nitrogens with two attached hydrogens (primary N) is 2. The summed E-state index contributed by atoms with van der Waals surface area (Å²) in [4.78, 5) is 66.9. The molecule has 0 aliphatic heterocycles. The molecule has 0 bridgehead atoms. The molecule has 0 saturated carbocycles. The molecule has 1 unspecified atom stereocenters. The fourth-order valence-corrected chi connectivity index (χ4v) is 9.07. The molecule has 0 aromatic heterocycles. The summed E-state index contributed by atoms with van der Waals surface area (Å²) in [7, 11) is 4.26. The van der Waals surface area contributed by atoms with Crippen LogP contribution in [0.15, 0.2) is 0 Å². The molecule has 0 aromatic carbocycles. The Morgan fingerprint density at radius 2 is 0.898 bits per heavy atom. The van der Waals surface area contributed by atoms with Gasteiger partial charge in [-0.1, -0.05) is 158 Å². The molecule has 0 rings (SSSR count). The molecule has 0 radical (unpaired) electrons. The smallest absolute Gasteiger partial charge is 0.335 e. The first kappa shape index (κ1) is 47.6. The van der Waals surface area contributed by atoms with Gasteiger partial charge in [-0.15, -0.1) is 0 Å². The average Bonchev–Trinajstić information content (AvgIpc) is 3.10. The van der Waals surface area contributed by atoms with Crippen molar-refractivity contribution in [1.82, 2.24) is 0 Å². The lowest BCUT2D eigenvalue weighted by Crippen LogP contribution is -2.64. The molecule has 0 aliphatic rings. The molecule has 0 amide bonds. The Kier molecular flexibility index (Phi) is 28.3. The lowest BCUT2D eigenvalue weighted by molar-refractivity contribution is -0.153. The summed E-state index contributed by atoms with van der Waals surface area (Å²) in [6.45, 7) is 6.48. The van der Waals surface area contributed by atoms with Crippen molar-refractivity contribution in [3.63, 3.8) is 0 Å². The van der Waals surface area contributed by atoms with Crippen molar-refractivity contribution < 1.29 is 33.4 Å². The monoisotopic (exact) mass is 730 g/mol. The minimum absolute atomic E-state index is 0.0474. The highest BCUT2D eigenvalue weighted by atomic mass is 33.1. The third-order valence-corrected chi connectivity index (χ3v) is 12.1. The summed E-state index contributed by atoms with van der Waals surface area (Å²) in [5, 5.41) is -1.28. The first-order chi connectivity index (χ1) is 23.5. The molecule has 3 atom stereocenters. The van der Waals surface area contributed by atoms with Gasteiger partial charge in [0.25, 0.3) is 0 Å². The second kappa shape index (κ2) is 29.2. The quantitative estimate of drug-likeness (QED) is 0.0283. The van der Waals surface area contributed by atoms with E-state index in [1.165, 1.54) is 26.4 Å². The minimum atomic E-state index is -2.21. The number of carbonyl (C=O) groups excluding carboxylic acids is 5. The number of methoxy groups -OCH3 is 2. The lowest BCUT2D eigenvalue weighted by atomic mass is 9.84. The highest BCUT2D eigenvalue weighted by Crippen LogP contribution is 2.38. The summed E-state index contributed by atoms with van der Waals surface area (Å²) in [6, 6.07) is 0. The second-order valence-electron chi connectivity index (χ2n) is 13.5. The van der Waals surface area contributed by atoms with Crippen LogP contribution in [-0.4, -0.2) is 65.6 Å². The van der Waals surface area contributed by atoms with Gasteiger partial charge in [0.2, 0.25) is 0 Å². The highest BCUT2D eigenvalue weighted by molar-refractivity contribution is 8.77. The van der Waals surface area contributed by atoms with E-state index in [0.717, 1.165) is 125 Å². The molecule has 4 N–H and O–H groups in total. The van der Waals surface area contributed by atoms with E-state index in [1.54, 1.807) is 0 Å². The number of Topliss-reactive ketones (excluding diaryl/α,β-unsaturated/α-hetero) is 3. The second-order valence-corrected chi connectivity index (χ2v) is 16.0. The van der Waals surface area contributed by atoms with Gasteiger partial charge in [0.05, 0.1) is 14.2 Å². The van der Waals surface area contributed by atoms with Crippen molar-refractivity contribution in [1.29, 1.82) is 0 Å². The topological polar surface area (TPSA) is 156 Å². The molecule has 0 fully saturated rings. The van der Waals surface area contributed by atoms with Crippen LogP contribution in [0, 0.1) is 0 Å². The molecule has 286 valence electrons. The van der Waals surface area contributed by atoms with Gasteiger partial charge in [-0.3, -0.25) is 14.4 Å². The molecule has 0 saturated heterocycles. The maximum atomic E-state index is 13.8. The van der Waals surface area contributed by atoms with Crippen molar-refractivity contribution >= 4 is 50.9 Å². The average molecular weight is 731 g/mol. The Balaban J connectivity index is 5.83. The predicted molar refractivity (Wildman–Crippen MR) is 205 cm³/mol. The first-order valence-corrected chi connectivity index (χ1v) is 21.5. The van der Waals surface area contributed by atoms with Gasteiger partial charge in [-0.05, 0) is 19.3 Å². The largest absolute Gasteiger partial charge is 0.467 e. The predicted octanol–water partition coefficient (Wildman–Crippen LogP) is 8.61. The van der Waals surface area contributed by atoms with Gasteiger partial charge in [-0.25, -0.2) is 9.59 Å². The summed E-state index contributed by atoms with van der Waals surface area (Å²) in [6.07, 6.45) is 21.4. The minimum Gasteiger partial charge on any atom is -0.467 e. The van der Waals surface area contributed by atoms with Gasteiger partial charge in [0, 0.05) is 25.0 Å². The van der Waals surface area contributed by atoms with E-state index in [4.69, 9.17) is 20.9 Å². The fraction of sp³-hybridized carbons (Fsp3) is 0.868. The SMILES string of the molecule is CCCCCCCCCC(=O)C(SSC[C@@](N)(C(=O)CCCCCCCCC)C(=O)OC)[C@@](N)(C(=O)CCCCCCCCC)C(=O)OC. The lowest BCUT2D eigenvalue weighted by Gasteiger charge is -2.33. The summed E-state index contributed by atoms with van der Waals surface area (Å²) >= 11 is 0. The van der Waals surface area contributed by atoms with Crippen LogP contribution in [0.3, 0.4) is 0 Å². The van der Waals surface area contributed by atoms with Crippen LogP contribution in [0.5, 0.6) is 0 Å². The van der Waals surface area contributed by atoms with Crippen LogP contribution in [0.2, 0.25) is 0 Å². The van der Waals surface area contributed by atoms with Crippen LogP contribution >= 0.6 is 21.6 Å². The van der Waals surface area contributed by atoms with Crippen molar-refractivity contribution in [2.75, 3.05) is 20.0 Å². The van der Waals surface area contributed by atoms with E-state index >= 15 is 0 Å². The van der Waals surface area contributed by atoms with E-state index in [9.17, 15) is 24.0 Å². The van der Waals surface area contributed by atoms with Crippen molar-refractivity contribution in [2.45, 2.75) is 191 Å². The zero-order chi connectivity index (χ0) is 37.0. The van der Waals surface area contributed by atoms with E-state index in [2.05, 4.69) is 20.8 Å². The zero-order valence-corrected chi connectivity index (χ0v) is 33.2. The van der Waals surface area contributed by atoms with E-state index in [-0.39, 0.29) is 30.8 Å². The molecule has 0 aromatic rings. The molecule has 0 heterocycles. The van der Waals surface area contributed by atoms with Crippen LogP contribution < -0.4 is 11.5 Å².